The Bertz CT molecular complexity index is 313. The minimum Gasteiger partial charge on any atom is -0.356 e. The Kier molecular flexibility index (Phi) is 2.33. The molecule has 3 heterocycles. The largest absolute Gasteiger partial charge is 0.356 e. The number of aromatic nitrogens is 1. The summed E-state index contributed by atoms with van der Waals surface area (Å²) < 4.78 is 0. The maximum atomic E-state index is 4.44. The van der Waals surface area contributed by atoms with E-state index in [1.165, 1.54) is 32.6 Å². The number of rotatable bonds is 1. The molecule has 2 atom stereocenters. The Morgan fingerprint density at radius 1 is 1.20 bits per heavy atom. The molecule has 0 amide bonds. The van der Waals surface area contributed by atoms with E-state index >= 15 is 0 Å². The van der Waals surface area contributed by atoms with Crippen LogP contribution in [0.25, 0.3) is 0 Å². The molecule has 0 spiro atoms. The smallest absolute Gasteiger partial charge is 0.128 e. The minimum atomic E-state index is 0.819. The highest BCUT2D eigenvalue weighted by molar-refractivity contribution is 5.38. The maximum absolute atomic E-state index is 4.44. The van der Waals surface area contributed by atoms with Crippen LogP contribution in [0.3, 0.4) is 0 Å². The first kappa shape index (κ1) is 9.16. The summed E-state index contributed by atoms with van der Waals surface area (Å²) in [6.07, 6.45) is 3.29. The maximum Gasteiger partial charge on any atom is 0.128 e. The predicted octanol–water partition coefficient (Wildman–Crippen LogP) is 1.13. The van der Waals surface area contributed by atoms with Crippen molar-refractivity contribution in [1.29, 1.82) is 0 Å². The second kappa shape index (κ2) is 3.81. The third-order valence-electron chi connectivity index (χ3n) is 3.46. The van der Waals surface area contributed by atoms with Crippen LogP contribution in [0.5, 0.6) is 0 Å². The third kappa shape index (κ3) is 1.84. The molecule has 2 saturated heterocycles. The van der Waals surface area contributed by atoms with Crippen LogP contribution in [0.2, 0.25) is 0 Å². The van der Waals surface area contributed by atoms with Crippen LogP contribution in [-0.2, 0) is 0 Å². The molecule has 2 unspecified atom stereocenters. The molecular weight excluding hydrogens is 186 g/mol. The third-order valence-corrected chi connectivity index (χ3v) is 3.46. The SMILES string of the molecule is c1ccc(N2CC3CNCC(C3)C2)nc1. The van der Waals surface area contributed by atoms with E-state index in [0.717, 1.165) is 17.7 Å². The van der Waals surface area contributed by atoms with Crippen molar-refractivity contribution in [3.05, 3.63) is 24.4 Å². The number of nitrogens with zero attached hydrogens (tertiary/aromatic N) is 2. The number of nitrogens with one attached hydrogen (secondary N) is 1. The van der Waals surface area contributed by atoms with Crippen LogP contribution >= 0.6 is 0 Å². The van der Waals surface area contributed by atoms with Crippen molar-refractivity contribution in [2.45, 2.75) is 6.42 Å². The summed E-state index contributed by atoms with van der Waals surface area (Å²) in [5, 5.41) is 3.51. The second-order valence-electron chi connectivity index (χ2n) is 4.72. The molecule has 2 aliphatic rings. The van der Waals surface area contributed by atoms with Crippen molar-refractivity contribution in [3.63, 3.8) is 0 Å². The molecule has 1 N–H and O–H groups in total. The fraction of sp³-hybridized carbons (Fsp3) is 0.583. The van der Waals surface area contributed by atoms with Gasteiger partial charge < -0.3 is 10.2 Å². The van der Waals surface area contributed by atoms with Crippen molar-refractivity contribution in [3.8, 4) is 0 Å². The second-order valence-corrected chi connectivity index (χ2v) is 4.72. The molecule has 0 saturated carbocycles. The van der Waals surface area contributed by atoms with Crippen molar-refractivity contribution < 1.29 is 0 Å². The summed E-state index contributed by atoms with van der Waals surface area (Å²) in [4.78, 5) is 6.88. The summed E-state index contributed by atoms with van der Waals surface area (Å²) in [5.74, 6) is 2.79. The number of hydrogen-bond acceptors (Lipinski definition) is 3. The zero-order chi connectivity index (χ0) is 10.1. The first-order chi connectivity index (χ1) is 7.42. The Morgan fingerprint density at radius 3 is 2.67 bits per heavy atom. The Hall–Kier alpha value is -1.09. The zero-order valence-corrected chi connectivity index (χ0v) is 8.89. The van der Waals surface area contributed by atoms with Gasteiger partial charge in [-0.3, -0.25) is 0 Å². The molecule has 3 nitrogen and oxygen atoms in total. The molecule has 0 aliphatic carbocycles. The van der Waals surface area contributed by atoms with Gasteiger partial charge in [-0.1, -0.05) is 6.07 Å². The van der Waals surface area contributed by atoms with Gasteiger partial charge in [-0.25, -0.2) is 4.98 Å². The fourth-order valence-electron chi connectivity index (χ4n) is 2.83. The van der Waals surface area contributed by atoms with Gasteiger partial charge in [0, 0.05) is 19.3 Å². The molecule has 80 valence electrons. The van der Waals surface area contributed by atoms with Crippen LogP contribution in [0.15, 0.2) is 24.4 Å². The number of pyridine rings is 1. The van der Waals surface area contributed by atoms with E-state index in [-0.39, 0.29) is 0 Å². The topological polar surface area (TPSA) is 28.2 Å². The van der Waals surface area contributed by atoms with Crippen LogP contribution in [0, 0.1) is 11.8 Å². The molecule has 2 fully saturated rings. The standard InChI is InChI=1S/C12H17N3/c1-2-4-14-12(3-1)15-8-10-5-11(9-15)7-13-6-10/h1-4,10-11,13H,5-9H2. The van der Waals surface area contributed by atoms with Crippen LogP contribution in [-0.4, -0.2) is 31.2 Å². The van der Waals surface area contributed by atoms with E-state index in [9.17, 15) is 0 Å². The predicted molar refractivity (Wildman–Crippen MR) is 60.9 cm³/mol. The van der Waals surface area contributed by atoms with Crippen molar-refractivity contribution in [2.24, 2.45) is 11.8 Å². The van der Waals surface area contributed by atoms with E-state index in [0.29, 0.717) is 0 Å². The van der Waals surface area contributed by atoms with Gasteiger partial charge in [0.15, 0.2) is 0 Å². The molecular formula is C12H17N3. The van der Waals surface area contributed by atoms with Crippen LogP contribution in [0.1, 0.15) is 6.42 Å². The van der Waals surface area contributed by atoms with Gasteiger partial charge in [-0.2, -0.15) is 0 Å². The fourth-order valence-corrected chi connectivity index (χ4v) is 2.83. The zero-order valence-electron chi connectivity index (χ0n) is 8.89. The van der Waals surface area contributed by atoms with E-state index < -0.39 is 0 Å². The lowest BCUT2D eigenvalue weighted by Gasteiger charge is -2.42. The molecule has 1 aromatic rings. The summed E-state index contributed by atoms with van der Waals surface area (Å²) in [6.45, 7) is 4.70. The summed E-state index contributed by atoms with van der Waals surface area (Å²) in [6, 6.07) is 6.18. The number of hydrogen-bond donors (Lipinski definition) is 1. The lowest BCUT2D eigenvalue weighted by atomic mass is 9.86. The number of anilines is 1. The van der Waals surface area contributed by atoms with Gasteiger partial charge in [-0.15, -0.1) is 0 Å². The molecule has 3 heteroatoms. The molecule has 1 aromatic heterocycles. The molecule has 2 aliphatic heterocycles. The van der Waals surface area contributed by atoms with Crippen LogP contribution < -0.4 is 10.2 Å². The van der Waals surface area contributed by atoms with Crippen molar-refractivity contribution in [1.82, 2.24) is 10.3 Å². The van der Waals surface area contributed by atoms with E-state index in [1.54, 1.807) is 0 Å². The van der Waals surface area contributed by atoms with Gasteiger partial charge in [0.05, 0.1) is 0 Å². The average Bonchev–Trinajstić information content (AvgIpc) is 2.30. The minimum absolute atomic E-state index is 0.819. The van der Waals surface area contributed by atoms with Gasteiger partial charge in [0.25, 0.3) is 0 Å². The summed E-state index contributed by atoms with van der Waals surface area (Å²) in [7, 11) is 0. The molecule has 0 aromatic carbocycles. The van der Waals surface area contributed by atoms with E-state index in [2.05, 4.69) is 27.3 Å². The monoisotopic (exact) mass is 203 g/mol. The quantitative estimate of drug-likeness (QED) is 0.741. The first-order valence-corrected chi connectivity index (χ1v) is 5.78. The lowest BCUT2D eigenvalue weighted by molar-refractivity contribution is 0.249. The Morgan fingerprint density at radius 2 is 2.00 bits per heavy atom. The van der Waals surface area contributed by atoms with E-state index in [4.69, 9.17) is 0 Å². The first-order valence-electron chi connectivity index (χ1n) is 5.78. The van der Waals surface area contributed by atoms with Gasteiger partial charge in [0.2, 0.25) is 0 Å². The highest BCUT2D eigenvalue weighted by atomic mass is 15.2. The molecule has 3 rings (SSSR count). The highest BCUT2D eigenvalue weighted by Crippen LogP contribution is 2.27. The lowest BCUT2D eigenvalue weighted by Crippen LogP contribution is -2.51. The number of fused-ring (bicyclic) bond motifs is 2. The molecule has 2 bridgehead atoms. The van der Waals surface area contributed by atoms with Gasteiger partial charge in [-0.05, 0) is 43.5 Å². The summed E-state index contributed by atoms with van der Waals surface area (Å²) in [5.41, 5.74) is 0. The summed E-state index contributed by atoms with van der Waals surface area (Å²) >= 11 is 0. The van der Waals surface area contributed by atoms with Gasteiger partial charge >= 0.3 is 0 Å². The highest BCUT2D eigenvalue weighted by Gasteiger charge is 2.30. The van der Waals surface area contributed by atoms with E-state index in [1.807, 2.05) is 12.3 Å². The number of piperidine rings is 2. The van der Waals surface area contributed by atoms with Crippen molar-refractivity contribution >= 4 is 5.82 Å². The molecule has 0 radical (unpaired) electrons. The Labute approximate surface area is 90.5 Å². The van der Waals surface area contributed by atoms with Gasteiger partial charge in [0.1, 0.15) is 5.82 Å². The Balaban J connectivity index is 1.78. The van der Waals surface area contributed by atoms with Crippen molar-refractivity contribution in [2.75, 3.05) is 31.1 Å². The molecule has 15 heavy (non-hydrogen) atoms. The van der Waals surface area contributed by atoms with Crippen LogP contribution in [0.4, 0.5) is 5.82 Å². The normalized spacial score (nSPS) is 30.3. The average molecular weight is 203 g/mol.